The van der Waals surface area contributed by atoms with Crippen molar-refractivity contribution in [2.75, 3.05) is 40.3 Å². The normalized spacial score (nSPS) is 14.4. The second-order valence-electron chi connectivity index (χ2n) is 8.12. The molecule has 1 aromatic heterocycles. The van der Waals surface area contributed by atoms with Crippen LogP contribution in [0.4, 0.5) is 5.69 Å². The number of rotatable bonds is 6. The number of benzene rings is 2. The van der Waals surface area contributed by atoms with Crippen LogP contribution in [-0.2, 0) is 4.79 Å². The maximum Gasteiger partial charge on any atom is 0.311 e. The first-order chi connectivity index (χ1) is 16.9. The fourth-order valence-corrected chi connectivity index (χ4v) is 3.89. The molecule has 0 bridgehead atoms. The van der Waals surface area contributed by atoms with Crippen LogP contribution in [0.25, 0.3) is 23.0 Å². The Bertz CT molecular complexity index is 1320. The highest BCUT2D eigenvalue weighted by molar-refractivity contribution is 6.02. The van der Waals surface area contributed by atoms with Crippen LogP contribution in [0.5, 0.6) is 5.75 Å². The van der Waals surface area contributed by atoms with Gasteiger partial charge in [-0.25, -0.2) is 4.68 Å². The molecule has 1 fully saturated rings. The van der Waals surface area contributed by atoms with Gasteiger partial charge < -0.3 is 14.5 Å². The molecule has 35 heavy (non-hydrogen) atoms. The number of methoxy groups -OCH3 is 1. The predicted molar refractivity (Wildman–Crippen MR) is 130 cm³/mol. The smallest absolute Gasteiger partial charge is 0.311 e. The van der Waals surface area contributed by atoms with Gasteiger partial charge in [0.05, 0.1) is 17.7 Å². The average molecular weight is 473 g/mol. The summed E-state index contributed by atoms with van der Waals surface area (Å²) >= 11 is 0. The molecule has 4 rings (SSSR count). The van der Waals surface area contributed by atoms with Crippen molar-refractivity contribution in [2.45, 2.75) is 0 Å². The van der Waals surface area contributed by atoms with Crippen molar-refractivity contribution < 1.29 is 14.5 Å². The number of carbonyl (C=O) groups is 1. The molecule has 3 aromatic rings. The Balaban J connectivity index is 1.81. The lowest BCUT2D eigenvalue weighted by Gasteiger charge is -2.32. The Hall–Kier alpha value is -4.49. The van der Waals surface area contributed by atoms with E-state index < -0.39 is 4.92 Å². The van der Waals surface area contributed by atoms with Crippen molar-refractivity contribution in [2.24, 2.45) is 0 Å². The fourth-order valence-electron chi connectivity index (χ4n) is 3.89. The molecular formula is C25H24N6O4. The zero-order valence-electron chi connectivity index (χ0n) is 19.4. The summed E-state index contributed by atoms with van der Waals surface area (Å²) in [7, 11) is 3.35. The third-order valence-electron chi connectivity index (χ3n) is 5.85. The van der Waals surface area contributed by atoms with Crippen LogP contribution in [-0.4, -0.2) is 70.7 Å². The van der Waals surface area contributed by atoms with Crippen LogP contribution in [0.1, 0.15) is 5.56 Å². The molecule has 1 saturated heterocycles. The highest BCUT2D eigenvalue weighted by Gasteiger charge is 2.24. The van der Waals surface area contributed by atoms with Gasteiger partial charge in [0, 0.05) is 49.6 Å². The number of likely N-dealkylation sites (N-methyl/N-ethyl adjacent to an activating group) is 1. The molecule has 1 aliphatic heterocycles. The minimum absolute atomic E-state index is 0.0218. The number of para-hydroxylation sites is 1. The second kappa shape index (κ2) is 10.2. The number of piperazine rings is 1. The van der Waals surface area contributed by atoms with Gasteiger partial charge in [0.2, 0.25) is 0 Å². The van der Waals surface area contributed by atoms with E-state index in [1.807, 2.05) is 43.4 Å². The average Bonchev–Trinajstić information content (AvgIpc) is 3.31. The summed E-state index contributed by atoms with van der Waals surface area (Å²) in [6.07, 6.45) is 3.20. The summed E-state index contributed by atoms with van der Waals surface area (Å²) < 4.78 is 6.73. The van der Waals surface area contributed by atoms with E-state index in [2.05, 4.69) is 10.00 Å². The Kier molecular flexibility index (Phi) is 6.89. The lowest BCUT2D eigenvalue weighted by Crippen LogP contribution is -2.47. The Morgan fingerprint density at radius 3 is 2.51 bits per heavy atom. The molecule has 1 amide bonds. The number of hydrogen-bond acceptors (Lipinski definition) is 7. The number of nitro benzene ring substituents is 1. The van der Waals surface area contributed by atoms with Crippen LogP contribution in [0, 0.1) is 21.4 Å². The molecule has 0 spiro atoms. The minimum atomic E-state index is -0.524. The molecule has 0 radical (unpaired) electrons. The van der Waals surface area contributed by atoms with E-state index in [1.54, 1.807) is 21.8 Å². The van der Waals surface area contributed by atoms with Gasteiger partial charge in [-0.2, -0.15) is 10.4 Å². The van der Waals surface area contributed by atoms with Crippen molar-refractivity contribution >= 4 is 17.7 Å². The van der Waals surface area contributed by atoms with E-state index in [0.29, 0.717) is 29.9 Å². The largest absolute Gasteiger partial charge is 0.490 e. The molecule has 0 atom stereocenters. The van der Waals surface area contributed by atoms with E-state index in [1.165, 1.54) is 25.3 Å². The molecule has 0 saturated carbocycles. The van der Waals surface area contributed by atoms with E-state index >= 15 is 0 Å². The van der Waals surface area contributed by atoms with Gasteiger partial charge in [0.25, 0.3) is 5.91 Å². The van der Waals surface area contributed by atoms with Crippen LogP contribution in [0.3, 0.4) is 0 Å². The molecule has 2 heterocycles. The van der Waals surface area contributed by atoms with Crippen molar-refractivity contribution in [3.63, 3.8) is 0 Å². The fraction of sp³-hybridized carbons (Fsp3) is 0.240. The molecule has 2 aromatic carbocycles. The summed E-state index contributed by atoms with van der Waals surface area (Å²) in [4.78, 5) is 27.9. The standard InChI is InChI=1S/C25H24N6O4/c1-28-10-12-29(13-11-28)25(32)19(16-26)14-20-17-30(21-6-4-3-5-7-21)27-24(20)18-8-9-23(35-2)22(15-18)31(33)34/h3-9,14-15,17H,10-13H2,1-2H3. The summed E-state index contributed by atoms with van der Waals surface area (Å²) in [5, 5.41) is 26.0. The molecule has 0 N–H and O–H groups in total. The molecule has 0 aliphatic carbocycles. The van der Waals surface area contributed by atoms with Crippen LogP contribution >= 0.6 is 0 Å². The van der Waals surface area contributed by atoms with Crippen LogP contribution in [0.15, 0.2) is 60.3 Å². The maximum atomic E-state index is 13.1. The highest BCUT2D eigenvalue weighted by Crippen LogP contribution is 2.34. The van der Waals surface area contributed by atoms with Crippen LogP contribution < -0.4 is 4.74 Å². The lowest BCUT2D eigenvalue weighted by atomic mass is 10.0. The van der Waals surface area contributed by atoms with Crippen LogP contribution in [0.2, 0.25) is 0 Å². The van der Waals surface area contributed by atoms with Crippen molar-refractivity contribution in [1.82, 2.24) is 19.6 Å². The minimum Gasteiger partial charge on any atom is -0.490 e. The SMILES string of the molecule is COc1ccc(-c2nn(-c3ccccc3)cc2C=C(C#N)C(=O)N2CCN(C)CC2)cc1[N+](=O)[O-]. The summed E-state index contributed by atoms with van der Waals surface area (Å²) in [5.41, 5.74) is 1.89. The third-order valence-corrected chi connectivity index (χ3v) is 5.85. The highest BCUT2D eigenvalue weighted by atomic mass is 16.6. The first-order valence-electron chi connectivity index (χ1n) is 11.0. The van der Waals surface area contributed by atoms with Crippen molar-refractivity contribution in [1.29, 1.82) is 5.26 Å². The number of nitrogens with zero attached hydrogens (tertiary/aromatic N) is 6. The lowest BCUT2D eigenvalue weighted by molar-refractivity contribution is -0.385. The molecule has 178 valence electrons. The molecular weight excluding hydrogens is 448 g/mol. The van der Waals surface area contributed by atoms with Gasteiger partial charge in [-0.1, -0.05) is 18.2 Å². The summed E-state index contributed by atoms with van der Waals surface area (Å²) in [6.45, 7) is 2.54. The van der Waals surface area contributed by atoms with Gasteiger partial charge in [0.1, 0.15) is 17.3 Å². The monoisotopic (exact) mass is 472 g/mol. The topological polar surface area (TPSA) is 118 Å². The third kappa shape index (κ3) is 5.05. The van der Waals surface area contributed by atoms with E-state index in [0.717, 1.165) is 18.8 Å². The Morgan fingerprint density at radius 2 is 1.89 bits per heavy atom. The molecule has 1 aliphatic rings. The number of amides is 1. The zero-order valence-corrected chi connectivity index (χ0v) is 19.4. The van der Waals surface area contributed by atoms with Crippen molar-refractivity contribution in [3.8, 4) is 28.8 Å². The summed E-state index contributed by atoms with van der Waals surface area (Å²) in [6, 6.07) is 15.9. The quantitative estimate of drug-likeness (QED) is 0.234. The van der Waals surface area contributed by atoms with Gasteiger partial charge in [0.15, 0.2) is 5.75 Å². The Labute approximate surface area is 202 Å². The van der Waals surface area contributed by atoms with E-state index in [4.69, 9.17) is 4.74 Å². The van der Waals surface area contributed by atoms with E-state index in [-0.39, 0.29) is 22.9 Å². The first-order valence-corrected chi connectivity index (χ1v) is 11.0. The number of nitro groups is 1. The summed E-state index contributed by atoms with van der Waals surface area (Å²) in [5.74, 6) is -0.221. The first kappa shape index (κ1) is 23.7. The van der Waals surface area contributed by atoms with Gasteiger partial charge in [-0.3, -0.25) is 14.9 Å². The molecule has 0 unspecified atom stereocenters. The maximum absolute atomic E-state index is 13.1. The predicted octanol–water partition coefficient (Wildman–Crippen LogP) is 3.14. The van der Waals surface area contributed by atoms with Gasteiger partial charge in [-0.15, -0.1) is 0 Å². The number of hydrogen-bond donors (Lipinski definition) is 0. The second-order valence-corrected chi connectivity index (χ2v) is 8.12. The zero-order chi connectivity index (χ0) is 24.9. The Morgan fingerprint density at radius 1 is 1.17 bits per heavy atom. The number of ether oxygens (including phenoxy) is 1. The molecule has 10 nitrogen and oxygen atoms in total. The number of aromatic nitrogens is 2. The van der Waals surface area contributed by atoms with Gasteiger partial charge in [-0.05, 0) is 37.4 Å². The number of nitriles is 1. The van der Waals surface area contributed by atoms with Crippen molar-refractivity contribution in [3.05, 3.63) is 76.0 Å². The van der Waals surface area contributed by atoms with Gasteiger partial charge >= 0.3 is 5.69 Å². The van der Waals surface area contributed by atoms with E-state index in [9.17, 15) is 20.2 Å². The molecule has 10 heteroatoms. The number of carbonyl (C=O) groups excluding carboxylic acids is 1.